The summed E-state index contributed by atoms with van der Waals surface area (Å²) in [7, 11) is 1.65. The van der Waals surface area contributed by atoms with Crippen molar-refractivity contribution in [3.63, 3.8) is 0 Å². The van der Waals surface area contributed by atoms with Crippen molar-refractivity contribution >= 4 is 39.7 Å². The average molecular weight is 507 g/mol. The van der Waals surface area contributed by atoms with Crippen LogP contribution in [-0.4, -0.2) is 42.2 Å². The molecule has 5 nitrogen and oxygen atoms in total. The van der Waals surface area contributed by atoms with Gasteiger partial charge in [0.15, 0.2) is 0 Å². The minimum atomic E-state index is 0.0677. The number of fused-ring (bicyclic) bond motifs is 1. The third kappa shape index (κ3) is 5.67. The largest absolute Gasteiger partial charge is 0.497 e. The van der Waals surface area contributed by atoms with Gasteiger partial charge < -0.3 is 14.4 Å². The van der Waals surface area contributed by atoms with Crippen molar-refractivity contribution in [2.45, 2.75) is 31.9 Å². The molecule has 1 atom stereocenters. The standard InChI is InChI=1S/C28H27ClN2O3S/c1-33-24-8-5-20(6-9-24)28-22(14-21-4-7-23(29)15-26(21)30-28)16-31(17-25-3-2-11-34-25)27(32)13-19-10-12-35-18-19/h4-10,12,14-15,18,25H,2-3,11,13,16-17H2,1H3/t25-/m0/s1. The summed E-state index contributed by atoms with van der Waals surface area (Å²) in [6.45, 7) is 1.78. The van der Waals surface area contributed by atoms with Crippen LogP contribution >= 0.6 is 22.9 Å². The molecular weight excluding hydrogens is 480 g/mol. The monoisotopic (exact) mass is 506 g/mol. The van der Waals surface area contributed by atoms with Crippen molar-refractivity contribution in [1.29, 1.82) is 0 Å². The number of ether oxygens (including phenoxy) is 2. The van der Waals surface area contributed by atoms with Crippen molar-refractivity contribution in [3.05, 3.63) is 81.5 Å². The Labute approximate surface area is 214 Å². The zero-order chi connectivity index (χ0) is 24.2. The lowest BCUT2D eigenvalue weighted by Gasteiger charge is -2.27. The molecule has 2 aromatic heterocycles. The highest BCUT2D eigenvalue weighted by atomic mass is 35.5. The van der Waals surface area contributed by atoms with Crippen molar-refractivity contribution in [2.24, 2.45) is 0 Å². The first-order valence-electron chi connectivity index (χ1n) is 11.7. The summed E-state index contributed by atoms with van der Waals surface area (Å²) >= 11 is 7.87. The Morgan fingerprint density at radius 1 is 1.20 bits per heavy atom. The third-order valence-electron chi connectivity index (χ3n) is 6.32. The summed E-state index contributed by atoms with van der Waals surface area (Å²) in [4.78, 5) is 20.4. The van der Waals surface area contributed by atoms with Crippen LogP contribution in [0.3, 0.4) is 0 Å². The van der Waals surface area contributed by atoms with Gasteiger partial charge in [0.2, 0.25) is 5.91 Å². The minimum Gasteiger partial charge on any atom is -0.497 e. The number of aromatic nitrogens is 1. The number of carbonyl (C=O) groups excluding carboxylic acids is 1. The Kier molecular flexibility index (Phi) is 7.32. The lowest BCUT2D eigenvalue weighted by molar-refractivity contribution is -0.132. The van der Waals surface area contributed by atoms with Crippen molar-refractivity contribution in [1.82, 2.24) is 9.88 Å². The molecule has 0 N–H and O–H groups in total. The van der Waals surface area contributed by atoms with Crippen LogP contribution in [0, 0.1) is 0 Å². The quantitative estimate of drug-likeness (QED) is 0.278. The van der Waals surface area contributed by atoms with Crippen LogP contribution in [0.2, 0.25) is 5.02 Å². The van der Waals surface area contributed by atoms with E-state index in [1.54, 1.807) is 18.4 Å². The van der Waals surface area contributed by atoms with Gasteiger partial charge in [0.05, 0.1) is 30.8 Å². The van der Waals surface area contributed by atoms with Gasteiger partial charge in [0.1, 0.15) is 5.75 Å². The molecular formula is C28H27ClN2O3S. The fourth-order valence-corrected chi connectivity index (χ4v) is 5.31. The normalized spacial score (nSPS) is 15.4. The van der Waals surface area contributed by atoms with Crippen molar-refractivity contribution < 1.29 is 14.3 Å². The van der Waals surface area contributed by atoms with Gasteiger partial charge in [-0.2, -0.15) is 11.3 Å². The zero-order valence-corrected chi connectivity index (χ0v) is 21.1. The molecule has 0 saturated carbocycles. The first-order chi connectivity index (χ1) is 17.1. The van der Waals surface area contributed by atoms with E-state index in [9.17, 15) is 4.79 Å². The third-order valence-corrected chi connectivity index (χ3v) is 7.29. The molecule has 5 rings (SSSR count). The van der Waals surface area contributed by atoms with Crippen LogP contribution in [-0.2, 0) is 22.5 Å². The minimum absolute atomic E-state index is 0.0677. The molecule has 180 valence electrons. The lowest BCUT2D eigenvalue weighted by atomic mass is 10.0. The maximum absolute atomic E-state index is 13.5. The first-order valence-corrected chi connectivity index (χ1v) is 13.0. The highest BCUT2D eigenvalue weighted by Crippen LogP contribution is 2.30. The van der Waals surface area contributed by atoms with Crippen molar-refractivity contribution in [2.75, 3.05) is 20.3 Å². The van der Waals surface area contributed by atoms with Crippen LogP contribution in [0.4, 0.5) is 0 Å². The Morgan fingerprint density at radius 3 is 2.77 bits per heavy atom. The van der Waals surface area contributed by atoms with Gasteiger partial charge in [0.25, 0.3) is 0 Å². The van der Waals surface area contributed by atoms with Gasteiger partial charge in [-0.05, 0) is 83.3 Å². The average Bonchev–Trinajstić information content (AvgIpc) is 3.58. The molecule has 0 bridgehead atoms. The lowest BCUT2D eigenvalue weighted by Crippen LogP contribution is -2.38. The van der Waals surface area contributed by atoms with E-state index < -0.39 is 0 Å². The topological polar surface area (TPSA) is 51.7 Å². The first kappa shape index (κ1) is 23.8. The fourth-order valence-electron chi connectivity index (χ4n) is 4.48. The summed E-state index contributed by atoms with van der Waals surface area (Å²) in [5.41, 5.74) is 4.65. The highest BCUT2D eigenvalue weighted by Gasteiger charge is 2.24. The van der Waals surface area contributed by atoms with Crippen LogP contribution in [0.1, 0.15) is 24.0 Å². The predicted molar refractivity (Wildman–Crippen MR) is 141 cm³/mol. The van der Waals surface area contributed by atoms with Crippen molar-refractivity contribution in [3.8, 4) is 17.0 Å². The Hall–Kier alpha value is -2.93. The highest BCUT2D eigenvalue weighted by molar-refractivity contribution is 7.08. The molecule has 4 aromatic rings. The number of rotatable bonds is 8. The van der Waals surface area contributed by atoms with Crippen LogP contribution < -0.4 is 4.74 Å². The van der Waals surface area contributed by atoms with Gasteiger partial charge in [-0.15, -0.1) is 0 Å². The van der Waals surface area contributed by atoms with Gasteiger partial charge in [0, 0.05) is 35.7 Å². The van der Waals surface area contributed by atoms with E-state index in [4.69, 9.17) is 26.1 Å². The molecule has 0 unspecified atom stereocenters. The zero-order valence-electron chi connectivity index (χ0n) is 19.6. The van der Waals surface area contributed by atoms with E-state index in [2.05, 4.69) is 6.07 Å². The number of methoxy groups -OCH3 is 1. The van der Waals surface area contributed by atoms with Gasteiger partial charge >= 0.3 is 0 Å². The van der Waals surface area contributed by atoms with E-state index >= 15 is 0 Å². The molecule has 1 amide bonds. The second-order valence-corrected chi connectivity index (χ2v) is 10.00. The molecule has 0 aliphatic carbocycles. The molecule has 0 spiro atoms. The number of amides is 1. The number of hydrogen-bond acceptors (Lipinski definition) is 5. The summed E-state index contributed by atoms with van der Waals surface area (Å²) in [6.07, 6.45) is 2.46. The Balaban J connectivity index is 1.53. The number of nitrogens with zero attached hydrogens (tertiary/aromatic N) is 2. The van der Waals surface area contributed by atoms with E-state index in [0.29, 0.717) is 24.5 Å². The molecule has 1 aliphatic heterocycles. The molecule has 1 fully saturated rings. The number of benzene rings is 2. The number of carbonyl (C=O) groups is 1. The van der Waals surface area contributed by atoms with Gasteiger partial charge in [-0.1, -0.05) is 17.7 Å². The van der Waals surface area contributed by atoms with Gasteiger partial charge in [-0.25, -0.2) is 4.98 Å². The fraction of sp³-hybridized carbons (Fsp3) is 0.286. The molecule has 3 heterocycles. The van der Waals surface area contributed by atoms with E-state index in [-0.39, 0.29) is 12.0 Å². The maximum Gasteiger partial charge on any atom is 0.227 e. The smallest absolute Gasteiger partial charge is 0.227 e. The number of hydrogen-bond donors (Lipinski definition) is 0. The van der Waals surface area contributed by atoms with Gasteiger partial charge in [-0.3, -0.25) is 4.79 Å². The van der Waals surface area contributed by atoms with E-state index in [1.165, 1.54) is 0 Å². The number of halogens is 1. The second-order valence-electron chi connectivity index (χ2n) is 8.78. The molecule has 1 aliphatic rings. The van der Waals surface area contributed by atoms with Crippen LogP contribution in [0.25, 0.3) is 22.2 Å². The predicted octanol–water partition coefficient (Wildman–Crippen LogP) is 6.38. The maximum atomic E-state index is 13.5. The SMILES string of the molecule is COc1ccc(-c2nc3cc(Cl)ccc3cc2CN(C[C@@H]2CCCO2)C(=O)Cc2ccsc2)cc1. The van der Waals surface area contributed by atoms with E-state index in [0.717, 1.165) is 58.5 Å². The number of thiophene rings is 1. The summed E-state index contributed by atoms with van der Waals surface area (Å²) in [5.74, 6) is 0.876. The Morgan fingerprint density at radius 2 is 2.06 bits per heavy atom. The summed E-state index contributed by atoms with van der Waals surface area (Å²) in [6, 6.07) is 17.7. The number of pyridine rings is 1. The Bertz CT molecular complexity index is 1300. The van der Waals surface area contributed by atoms with Crippen LogP contribution in [0.15, 0.2) is 65.4 Å². The molecule has 2 aromatic carbocycles. The summed E-state index contributed by atoms with van der Waals surface area (Å²) in [5, 5.41) is 5.67. The molecule has 35 heavy (non-hydrogen) atoms. The second kappa shape index (κ2) is 10.8. The molecule has 0 radical (unpaired) electrons. The summed E-state index contributed by atoms with van der Waals surface area (Å²) < 4.78 is 11.2. The molecule has 7 heteroatoms. The van der Waals surface area contributed by atoms with E-state index in [1.807, 2.05) is 64.2 Å². The molecule has 1 saturated heterocycles. The van der Waals surface area contributed by atoms with Crippen LogP contribution in [0.5, 0.6) is 5.75 Å².